The maximum atomic E-state index is 12.5. The molecule has 1 saturated carbocycles. The quantitative estimate of drug-likeness (QED) is 0.501. The van der Waals surface area contributed by atoms with Gasteiger partial charge in [0.1, 0.15) is 22.9 Å². The number of para-hydroxylation sites is 2. The van der Waals surface area contributed by atoms with E-state index in [0.29, 0.717) is 18.3 Å². The van der Waals surface area contributed by atoms with E-state index in [4.69, 9.17) is 9.15 Å². The molecule has 1 aliphatic carbocycles. The highest BCUT2D eigenvalue weighted by atomic mass is 16.5. The molecular weight excluding hydrogens is 366 g/mol. The van der Waals surface area contributed by atoms with Gasteiger partial charge in [-0.05, 0) is 55.7 Å². The van der Waals surface area contributed by atoms with Gasteiger partial charge in [0.05, 0.1) is 24.2 Å². The Bertz CT molecular complexity index is 1160. The largest absolute Gasteiger partial charge is 0.497 e. The third-order valence-corrected chi connectivity index (χ3v) is 5.68. The summed E-state index contributed by atoms with van der Waals surface area (Å²) in [5.74, 6) is 3.23. The van der Waals surface area contributed by atoms with E-state index >= 15 is 0 Å². The van der Waals surface area contributed by atoms with E-state index in [2.05, 4.69) is 15.3 Å². The SMILES string of the molecule is COc1ccc2oc([C@@H](C)NC(=O)C[C@@H]3C[C@@H]3c3nc4ccccc4[nH]3)cc2c1. The zero-order valence-corrected chi connectivity index (χ0v) is 16.4. The summed E-state index contributed by atoms with van der Waals surface area (Å²) in [6.07, 6.45) is 1.49. The van der Waals surface area contributed by atoms with Crippen molar-refractivity contribution < 1.29 is 13.9 Å². The summed E-state index contributed by atoms with van der Waals surface area (Å²) < 4.78 is 11.1. The Morgan fingerprint density at radius 2 is 2.17 bits per heavy atom. The fraction of sp³-hybridized carbons (Fsp3) is 0.304. The summed E-state index contributed by atoms with van der Waals surface area (Å²) in [5, 5.41) is 4.03. The van der Waals surface area contributed by atoms with Crippen molar-refractivity contribution >= 4 is 27.9 Å². The highest BCUT2D eigenvalue weighted by molar-refractivity contribution is 5.81. The Balaban J connectivity index is 1.21. The molecule has 4 aromatic rings. The molecule has 0 spiro atoms. The summed E-state index contributed by atoms with van der Waals surface area (Å²) in [6.45, 7) is 1.94. The Morgan fingerprint density at radius 3 is 3.00 bits per heavy atom. The molecule has 1 amide bonds. The number of rotatable bonds is 6. The number of nitrogens with zero attached hydrogens (tertiary/aromatic N) is 1. The first-order chi connectivity index (χ1) is 14.1. The average molecular weight is 389 g/mol. The average Bonchev–Trinajstić information content (AvgIpc) is 3.16. The number of hydrogen-bond donors (Lipinski definition) is 2. The van der Waals surface area contributed by atoms with Crippen LogP contribution in [-0.4, -0.2) is 23.0 Å². The van der Waals surface area contributed by atoms with Crippen molar-refractivity contribution in [3.8, 4) is 5.75 Å². The van der Waals surface area contributed by atoms with Crippen molar-refractivity contribution in [3.05, 3.63) is 60.1 Å². The molecule has 1 fully saturated rings. The zero-order chi connectivity index (χ0) is 20.0. The minimum atomic E-state index is -0.190. The number of imidazole rings is 1. The molecule has 6 heteroatoms. The normalized spacial score (nSPS) is 19.4. The van der Waals surface area contributed by atoms with Gasteiger partial charge >= 0.3 is 0 Å². The third kappa shape index (κ3) is 3.46. The van der Waals surface area contributed by atoms with Crippen molar-refractivity contribution in [2.75, 3.05) is 7.11 Å². The molecule has 2 heterocycles. The van der Waals surface area contributed by atoms with E-state index in [1.165, 1.54) is 0 Å². The number of methoxy groups -OCH3 is 1. The first-order valence-electron chi connectivity index (χ1n) is 9.92. The smallest absolute Gasteiger partial charge is 0.220 e. The van der Waals surface area contributed by atoms with Gasteiger partial charge in [-0.3, -0.25) is 4.79 Å². The van der Waals surface area contributed by atoms with E-state index in [-0.39, 0.29) is 11.9 Å². The minimum Gasteiger partial charge on any atom is -0.497 e. The summed E-state index contributed by atoms with van der Waals surface area (Å²) in [6, 6.07) is 15.5. The van der Waals surface area contributed by atoms with E-state index in [0.717, 1.165) is 45.8 Å². The van der Waals surface area contributed by atoms with Crippen LogP contribution >= 0.6 is 0 Å². The monoisotopic (exact) mass is 389 g/mol. The fourth-order valence-electron chi connectivity index (χ4n) is 3.95. The molecule has 6 nitrogen and oxygen atoms in total. The number of amides is 1. The number of fused-ring (bicyclic) bond motifs is 2. The van der Waals surface area contributed by atoms with Crippen LogP contribution in [0.25, 0.3) is 22.0 Å². The number of benzene rings is 2. The molecule has 2 N–H and O–H groups in total. The molecule has 0 radical (unpaired) electrons. The Morgan fingerprint density at radius 1 is 1.31 bits per heavy atom. The highest BCUT2D eigenvalue weighted by Gasteiger charge is 2.42. The lowest BCUT2D eigenvalue weighted by Gasteiger charge is -2.11. The third-order valence-electron chi connectivity index (χ3n) is 5.68. The van der Waals surface area contributed by atoms with Crippen molar-refractivity contribution in [2.24, 2.45) is 5.92 Å². The lowest BCUT2D eigenvalue weighted by molar-refractivity contribution is -0.122. The molecule has 2 aromatic carbocycles. The highest BCUT2D eigenvalue weighted by Crippen LogP contribution is 2.48. The Labute approximate surface area is 168 Å². The first-order valence-corrected chi connectivity index (χ1v) is 9.92. The molecule has 29 heavy (non-hydrogen) atoms. The molecular formula is C23H23N3O3. The van der Waals surface area contributed by atoms with Crippen LogP contribution < -0.4 is 10.1 Å². The number of ether oxygens (including phenoxy) is 1. The maximum Gasteiger partial charge on any atom is 0.220 e. The van der Waals surface area contributed by atoms with Gasteiger partial charge in [0.25, 0.3) is 0 Å². The van der Waals surface area contributed by atoms with Gasteiger partial charge in [-0.25, -0.2) is 4.98 Å². The van der Waals surface area contributed by atoms with Gasteiger partial charge in [-0.15, -0.1) is 0 Å². The molecule has 3 atom stereocenters. The van der Waals surface area contributed by atoms with Crippen molar-refractivity contribution in [3.63, 3.8) is 0 Å². The van der Waals surface area contributed by atoms with Crippen molar-refractivity contribution in [1.82, 2.24) is 15.3 Å². The van der Waals surface area contributed by atoms with E-state index in [9.17, 15) is 4.79 Å². The summed E-state index contributed by atoms with van der Waals surface area (Å²) in [7, 11) is 1.64. The standard InChI is InChI=1S/C23H23N3O3/c1-13(21-11-15-9-16(28-2)7-8-20(15)29-21)24-22(27)12-14-10-17(14)23-25-18-5-3-4-6-19(18)26-23/h3-9,11,13-14,17H,10,12H2,1-2H3,(H,24,27)(H,25,26)/t13-,14+,17+/m1/s1. The predicted octanol–water partition coefficient (Wildman–Crippen LogP) is 4.69. The zero-order valence-electron chi connectivity index (χ0n) is 16.4. The van der Waals surface area contributed by atoms with Crippen molar-refractivity contribution in [1.29, 1.82) is 0 Å². The van der Waals surface area contributed by atoms with Crippen LogP contribution in [0.15, 0.2) is 52.9 Å². The number of hydrogen-bond acceptors (Lipinski definition) is 4. The summed E-state index contributed by atoms with van der Waals surface area (Å²) in [5.41, 5.74) is 2.81. The number of H-pyrrole nitrogens is 1. The second-order valence-corrected chi connectivity index (χ2v) is 7.79. The number of aromatic amines is 1. The summed E-state index contributed by atoms with van der Waals surface area (Å²) in [4.78, 5) is 20.6. The summed E-state index contributed by atoms with van der Waals surface area (Å²) >= 11 is 0. The Hall–Kier alpha value is -3.28. The van der Waals surface area contributed by atoms with Gasteiger partial charge in [-0.1, -0.05) is 12.1 Å². The second-order valence-electron chi connectivity index (χ2n) is 7.79. The van der Waals surface area contributed by atoms with Gasteiger partial charge < -0.3 is 19.5 Å². The first kappa shape index (κ1) is 17.8. The van der Waals surface area contributed by atoms with Gasteiger partial charge in [0.15, 0.2) is 0 Å². The molecule has 148 valence electrons. The van der Waals surface area contributed by atoms with Crippen molar-refractivity contribution in [2.45, 2.75) is 31.7 Å². The lowest BCUT2D eigenvalue weighted by Crippen LogP contribution is -2.26. The van der Waals surface area contributed by atoms with E-state index in [1.54, 1.807) is 7.11 Å². The minimum absolute atomic E-state index is 0.0409. The molecule has 0 saturated heterocycles. The van der Waals surface area contributed by atoms with Crippen LogP contribution in [0.1, 0.15) is 43.3 Å². The molecule has 2 aromatic heterocycles. The van der Waals surface area contributed by atoms with E-state index < -0.39 is 0 Å². The van der Waals surface area contributed by atoms with Crippen LogP contribution in [-0.2, 0) is 4.79 Å². The topological polar surface area (TPSA) is 80.2 Å². The number of aromatic nitrogens is 2. The van der Waals surface area contributed by atoms with Crippen LogP contribution in [0.4, 0.5) is 0 Å². The van der Waals surface area contributed by atoms with Crippen LogP contribution in [0, 0.1) is 5.92 Å². The molecule has 0 unspecified atom stereocenters. The second kappa shape index (κ2) is 6.95. The molecule has 0 aliphatic heterocycles. The molecule has 5 rings (SSSR count). The Kier molecular flexibility index (Phi) is 4.27. The van der Waals surface area contributed by atoms with Crippen LogP contribution in [0.5, 0.6) is 5.75 Å². The number of furan rings is 1. The lowest BCUT2D eigenvalue weighted by atomic mass is 10.2. The molecule has 1 aliphatic rings. The van der Waals surface area contributed by atoms with Gasteiger partial charge in [0, 0.05) is 17.7 Å². The number of carbonyl (C=O) groups excluding carboxylic acids is 1. The maximum absolute atomic E-state index is 12.5. The number of nitrogens with one attached hydrogen (secondary N) is 2. The van der Waals surface area contributed by atoms with Gasteiger partial charge in [-0.2, -0.15) is 0 Å². The van der Waals surface area contributed by atoms with Crippen LogP contribution in [0.2, 0.25) is 0 Å². The van der Waals surface area contributed by atoms with E-state index in [1.807, 2.05) is 55.5 Å². The van der Waals surface area contributed by atoms with Gasteiger partial charge in [0.2, 0.25) is 5.91 Å². The molecule has 0 bridgehead atoms. The van der Waals surface area contributed by atoms with Crippen LogP contribution in [0.3, 0.4) is 0 Å². The fourth-order valence-corrected chi connectivity index (χ4v) is 3.95. The number of carbonyl (C=O) groups is 1. The predicted molar refractivity (Wildman–Crippen MR) is 111 cm³/mol.